The molecule has 0 spiro atoms. The maximum Gasteiger partial charge on any atom is 0.251 e. The third kappa shape index (κ3) is 4.24. The van der Waals surface area contributed by atoms with Gasteiger partial charge in [-0.2, -0.15) is 4.68 Å². The van der Waals surface area contributed by atoms with Gasteiger partial charge in [0.2, 0.25) is 0 Å². The van der Waals surface area contributed by atoms with Gasteiger partial charge in [0.1, 0.15) is 6.10 Å². The molecular weight excluding hydrogens is 358 g/mol. The lowest BCUT2D eigenvalue weighted by Crippen LogP contribution is -2.35. The fraction of sp³-hybridized carbons (Fsp3) is 0.300. The Bertz CT molecular complexity index is 966. The first-order chi connectivity index (χ1) is 13.4. The van der Waals surface area contributed by atoms with E-state index in [1.165, 1.54) is 4.68 Å². The van der Waals surface area contributed by atoms with Crippen molar-refractivity contribution in [1.29, 1.82) is 0 Å². The Labute approximate surface area is 162 Å². The summed E-state index contributed by atoms with van der Waals surface area (Å²) in [6, 6.07) is 12.9. The first kappa shape index (κ1) is 19.7. The molecule has 1 unspecified atom stereocenters. The molecule has 8 heteroatoms. The third-order valence-electron chi connectivity index (χ3n) is 4.33. The van der Waals surface area contributed by atoms with E-state index in [0.29, 0.717) is 11.3 Å². The second-order valence-electron chi connectivity index (χ2n) is 6.82. The van der Waals surface area contributed by atoms with Gasteiger partial charge >= 0.3 is 0 Å². The Kier molecular flexibility index (Phi) is 5.81. The van der Waals surface area contributed by atoms with Crippen molar-refractivity contribution in [3.8, 4) is 16.8 Å². The van der Waals surface area contributed by atoms with E-state index in [2.05, 4.69) is 20.8 Å². The summed E-state index contributed by atoms with van der Waals surface area (Å²) < 4.78 is 1.41. The molecule has 0 aliphatic carbocycles. The van der Waals surface area contributed by atoms with Crippen LogP contribution in [0.1, 0.15) is 41.7 Å². The molecule has 8 nitrogen and oxygen atoms in total. The van der Waals surface area contributed by atoms with Crippen LogP contribution in [0.4, 0.5) is 0 Å². The number of aliphatic hydroxyl groups excluding tert-OH is 2. The second-order valence-corrected chi connectivity index (χ2v) is 6.82. The highest BCUT2D eigenvalue weighted by molar-refractivity contribution is 5.96. The van der Waals surface area contributed by atoms with Gasteiger partial charge in [0.05, 0.1) is 12.3 Å². The molecule has 3 aromatic rings. The largest absolute Gasteiger partial charge is 0.394 e. The maximum absolute atomic E-state index is 12.7. The molecule has 1 heterocycles. The summed E-state index contributed by atoms with van der Waals surface area (Å²) in [6.07, 6.45) is -0.871. The molecule has 0 fully saturated rings. The fourth-order valence-corrected chi connectivity index (χ4v) is 2.77. The average Bonchev–Trinajstić information content (AvgIpc) is 3.18. The van der Waals surface area contributed by atoms with E-state index < -0.39 is 6.10 Å². The summed E-state index contributed by atoms with van der Waals surface area (Å²) in [5.74, 6) is -0.0421. The van der Waals surface area contributed by atoms with Crippen LogP contribution in [0.15, 0.2) is 42.5 Å². The molecule has 1 aromatic heterocycles. The lowest BCUT2D eigenvalue weighted by molar-refractivity contribution is 0.0922. The van der Waals surface area contributed by atoms with Gasteiger partial charge in [-0.05, 0) is 60.5 Å². The molecule has 0 aliphatic rings. The monoisotopic (exact) mass is 381 g/mol. The molecule has 1 amide bonds. The van der Waals surface area contributed by atoms with Crippen molar-refractivity contribution in [2.24, 2.45) is 0 Å². The van der Waals surface area contributed by atoms with Gasteiger partial charge in [-0.1, -0.05) is 29.8 Å². The van der Waals surface area contributed by atoms with Crippen LogP contribution in [0, 0.1) is 6.92 Å². The van der Waals surface area contributed by atoms with E-state index in [1.54, 1.807) is 26.0 Å². The van der Waals surface area contributed by atoms with Crippen LogP contribution in [0.5, 0.6) is 0 Å². The van der Waals surface area contributed by atoms with E-state index in [-0.39, 0.29) is 24.4 Å². The summed E-state index contributed by atoms with van der Waals surface area (Å²) in [5.41, 5.74) is 3.84. The minimum absolute atomic E-state index is 0.157. The standard InChI is InChI=1S/C20H23N5O3/c1-12-4-6-15(7-5-12)16-8-17(20(28)21-13(2)11-26)10-18(9-16)25-19(14(3)27)22-23-24-25/h4-10,13-14,26-27H,11H2,1-3H3,(H,21,28)/t13-,14?/m0/s1. The number of amides is 1. The van der Waals surface area contributed by atoms with Crippen LogP contribution in [0.2, 0.25) is 0 Å². The maximum atomic E-state index is 12.7. The first-order valence-corrected chi connectivity index (χ1v) is 8.99. The number of aliphatic hydroxyl groups is 2. The molecular formula is C20H23N5O3. The molecule has 0 saturated carbocycles. The second kappa shape index (κ2) is 8.28. The number of hydrogen-bond donors (Lipinski definition) is 3. The van der Waals surface area contributed by atoms with Crippen LogP contribution in [-0.4, -0.2) is 49.0 Å². The minimum Gasteiger partial charge on any atom is -0.394 e. The Morgan fingerprint density at radius 1 is 1.14 bits per heavy atom. The lowest BCUT2D eigenvalue weighted by Gasteiger charge is -2.14. The van der Waals surface area contributed by atoms with Crippen LogP contribution in [0.3, 0.4) is 0 Å². The van der Waals surface area contributed by atoms with E-state index in [4.69, 9.17) is 0 Å². The number of tetrazole rings is 1. The van der Waals surface area contributed by atoms with Crippen molar-refractivity contribution >= 4 is 5.91 Å². The van der Waals surface area contributed by atoms with Crippen molar-refractivity contribution in [1.82, 2.24) is 25.5 Å². The summed E-state index contributed by atoms with van der Waals surface area (Å²) in [7, 11) is 0. The van der Waals surface area contributed by atoms with Gasteiger partial charge in [0.25, 0.3) is 5.91 Å². The topological polar surface area (TPSA) is 113 Å². The van der Waals surface area contributed by atoms with Crippen molar-refractivity contribution in [3.05, 3.63) is 59.4 Å². The predicted octanol–water partition coefficient (Wildman–Crippen LogP) is 1.80. The number of carbonyl (C=O) groups is 1. The van der Waals surface area contributed by atoms with Gasteiger partial charge in [-0.15, -0.1) is 5.10 Å². The summed E-state index contributed by atoms with van der Waals surface area (Å²) in [4.78, 5) is 12.7. The van der Waals surface area contributed by atoms with E-state index in [0.717, 1.165) is 16.7 Å². The highest BCUT2D eigenvalue weighted by Gasteiger charge is 2.17. The predicted molar refractivity (Wildman–Crippen MR) is 104 cm³/mol. The van der Waals surface area contributed by atoms with Gasteiger partial charge in [0.15, 0.2) is 5.82 Å². The molecule has 0 bridgehead atoms. The summed E-state index contributed by atoms with van der Waals surface area (Å²) >= 11 is 0. The Morgan fingerprint density at radius 3 is 2.50 bits per heavy atom. The zero-order chi connectivity index (χ0) is 20.3. The van der Waals surface area contributed by atoms with Crippen LogP contribution in [0.25, 0.3) is 16.8 Å². The summed E-state index contributed by atoms with van der Waals surface area (Å²) in [5, 5.41) is 33.4. The van der Waals surface area contributed by atoms with E-state index in [1.807, 2.05) is 37.3 Å². The number of benzene rings is 2. The number of carbonyl (C=O) groups excluding carboxylic acids is 1. The lowest BCUT2D eigenvalue weighted by atomic mass is 10.0. The zero-order valence-corrected chi connectivity index (χ0v) is 16.0. The molecule has 0 radical (unpaired) electrons. The number of nitrogens with one attached hydrogen (secondary N) is 1. The number of aromatic nitrogens is 4. The van der Waals surface area contributed by atoms with Gasteiger partial charge in [0, 0.05) is 11.6 Å². The Morgan fingerprint density at radius 2 is 1.86 bits per heavy atom. The molecule has 3 N–H and O–H groups in total. The highest BCUT2D eigenvalue weighted by atomic mass is 16.3. The average molecular weight is 381 g/mol. The smallest absolute Gasteiger partial charge is 0.251 e. The SMILES string of the molecule is Cc1ccc(-c2cc(C(=O)N[C@@H](C)CO)cc(-n3nnnc3C(C)O)c2)cc1. The van der Waals surface area contributed by atoms with Gasteiger partial charge < -0.3 is 15.5 Å². The van der Waals surface area contributed by atoms with Crippen LogP contribution in [-0.2, 0) is 0 Å². The van der Waals surface area contributed by atoms with Gasteiger partial charge in [-0.25, -0.2) is 0 Å². The third-order valence-corrected chi connectivity index (χ3v) is 4.33. The molecule has 3 rings (SSSR count). The van der Waals surface area contributed by atoms with Crippen molar-refractivity contribution in [2.75, 3.05) is 6.61 Å². The zero-order valence-electron chi connectivity index (χ0n) is 16.0. The highest BCUT2D eigenvalue weighted by Crippen LogP contribution is 2.26. The quantitative estimate of drug-likeness (QED) is 0.600. The molecule has 28 heavy (non-hydrogen) atoms. The van der Waals surface area contributed by atoms with Gasteiger partial charge in [-0.3, -0.25) is 4.79 Å². The number of nitrogens with zero attached hydrogens (tertiary/aromatic N) is 4. The molecule has 2 aromatic carbocycles. The molecule has 0 aliphatic heterocycles. The Hall–Kier alpha value is -3.10. The number of hydrogen-bond acceptors (Lipinski definition) is 6. The van der Waals surface area contributed by atoms with Crippen molar-refractivity contribution in [2.45, 2.75) is 32.9 Å². The molecule has 146 valence electrons. The van der Waals surface area contributed by atoms with E-state index >= 15 is 0 Å². The van der Waals surface area contributed by atoms with Crippen molar-refractivity contribution < 1.29 is 15.0 Å². The number of aryl methyl sites for hydroxylation is 1. The minimum atomic E-state index is -0.871. The summed E-state index contributed by atoms with van der Waals surface area (Å²) in [6.45, 7) is 5.14. The van der Waals surface area contributed by atoms with E-state index in [9.17, 15) is 15.0 Å². The fourth-order valence-electron chi connectivity index (χ4n) is 2.77. The molecule has 0 saturated heterocycles. The van der Waals surface area contributed by atoms with Crippen LogP contribution < -0.4 is 5.32 Å². The first-order valence-electron chi connectivity index (χ1n) is 8.99. The Balaban J connectivity index is 2.12. The van der Waals surface area contributed by atoms with Crippen molar-refractivity contribution in [3.63, 3.8) is 0 Å². The van der Waals surface area contributed by atoms with Crippen LogP contribution >= 0.6 is 0 Å². The molecule has 2 atom stereocenters. The number of rotatable bonds is 6. The normalized spacial score (nSPS) is 13.2.